The predicted octanol–water partition coefficient (Wildman–Crippen LogP) is 6.67. The van der Waals surface area contributed by atoms with Crippen molar-refractivity contribution >= 4 is 21.6 Å². The van der Waals surface area contributed by atoms with Crippen molar-refractivity contribution < 1.29 is 17.6 Å². The fraction of sp³-hybridized carbons (Fsp3) is 0.333. The van der Waals surface area contributed by atoms with Gasteiger partial charge in [0.05, 0.1) is 22.2 Å². The number of fused-ring (bicyclic) bond motifs is 1. The molecular weight excluding hydrogens is 548 g/mol. The zero-order chi connectivity index (χ0) is 29.8. The molecule has 0 radical (unpaired) electrons. The third kappa shape index (κ3) is 4.70. The van der Waals surface area contributed by atoms with E-state index in [0.717, 1.165) is 46.0 Å². The van der Waals surface area contributed by atoms with Gasteiger partial charge in [0, 0.05) is 41.9 Å². The summed E-state index contributed by atoms with van der Waals surface area (Å²) >= 11 is 0. The summed E-state index contributed by atoms with van der Waals surface area (Å²) in [6, 6.07) is 20.5. The van der Waals surface area contributed by atoms with Crippen molar-refractivity contribution in [3.05, 3.63) is 95.0 Å². The van der Waals surface area contributed by atoms with Crippen molar-refractivity contribution in [3.8, 4) is 17.0 Å². The average Bonchev–Trinajstić information content (AvgIpc) is 3.57. The lowest BCUT2D eigenvalue weighted by Gasteiger charge is -2.38. The molecule has 0 unspecified atom stereocenters. The number of carbonyl (C=O) groups excluding carboxylic acids is 1. The van der Waals surface area contributed by atoms with Gasteiger partial charge in [-0.15, -0.1) is 0 Å². The monoisotopic (exact) mass is 584 g/mol. The number of furan rings is 1. The molecule has 0 bridgehead atoms. The van der Waals surface area contributed by atoms with Crippen LogP contribution in [-0.4, -0.2) is 41.4 Å². The maximum atomic E-state index is 13.7. The first kappa shape index (κ1) is 28.2. The van der Waals surface area contributed by atoms with Gasteiger partial charge in [-0.05, 0) is 67.3 Å². The summed E-state index contributed by atoms with van der Waals surface area (Å²) < 4.78 is 35.8. The minimum Gasteiger partial charge on any atom is -0.460 e. The number of aryl methyl sites for hydroxylation is 1. The second-order valence-electron chi connectivity index (χ2n) is 11.8. The molecule has 2 aliphatic rings. The highest BCUT2D eigenvalue weighted by molar-refractivity contribution is 7.89. The van der Waals surface area contributed by atoms with E-state index in [1.54, 1.807) is 24.3 Å². The average molecular weight is 585 g/mol. The van der Waals surface area contributed by atoms with E-state index in [0.29, 0.717) is 31.0 Å². The van der Waals surface area contributed by atoms with Crippen LogP contribution in [0, 0.1) is 12.3 Å². The summed E-state index contributed by atoms with van der Waals surface area (Å²) in [5.74, 6) is 1.81. The van der Waals surface area contributed by atoms with Gasteiger partial charge in [-0.25, -0.2) is 13.1 Å². The van der Waals surface area contributed by atoms with Crippen LogP contribution in [0.5, 0.6) is 0 Å². The summed E-state index contributed by atoms with van der Waals surface area (Å²) in [4.78, 5) is 14.0. The number of ketones is 1. The van der Waals surface area contributed by atoms with Gasteiger partial charge in [0.15, 0.2) is 5.78 Å². The van der Waals surface area contributed by atoms with E-state index >= 15 is 0 Å². The molecule has 42 heavy (non-hydrogen) atoms. The Labute approximate surface area is 247 Å². The first-order chi connectivity index (χ1) is 20.0. The number of benzene rings is 2. The molecule has 6 rings (SSSR count). The van der Waals surface area contributed by atoms with Gasteiger partial charge in [-0.1, -0.05) is 45.9 Å². The van der Waals surface area contributed by atoms with Crippen LogP contribution in [0.3, 0.4) is 0 Å². The fourth-order valence-corrected chi connectivity index (χ4v) is 7.74. The highest BCUT2D eigenvalue weighted by atomic mass is 32.2. The molecule has 3 heterocycles. The van der Waals surface area contributed by atoms with Crippen molar-refractivity contribution in [2.24, 2.45) is 5.41 Å². The number of allylic oxidation sites excluding steroid dienone is 2. The number of hydrogen-bond acceptors (Lipinski definition) is 6. The fourth-order valence-electron chi connectivity index (χ4n) is 6.28. The normalized spacial score (nSPS) is 18.1. The van der Waals surface area contributed by atoms with E-state index in [9.17, 15) is 13.2 Å². The maximum absolute atomic E-state index is 13.7. The van der Waals surface area contributed by atoms with Crippen LogP contribution in [-0.2, 0) is 14.8 Å². The number of sulfonamides is 1. The van der Waals surface area contributed by atoms with Crippen LogP contribution in [0.4, 0.5) is 5.82 Å². The van der Waals surface area contributed by atoms with E-state index in [4.69, 9.17) is 9.52 Å². The summed E-state index contributed by atoms with van der Waals surface area (Å²) in [7, 11) is -3.56. The second kappa shape index (κ2) is 10.4. The maximum Gasteiger partial charge on any atom is 0.243 e. The Hall–Kier alpha value is -3.95. The van der Waals surface area contributed by atoms with Gasteiger partial charge >= 0.3 is 0 Å². The molecule has 1 N–H and O–H groups in total. The van der Waals surface area contributed by atoms with Crippen molar-refractivity contribution in [2.75, 3.05) is 18.4 Å². The number of carbonyl (C=O) groups is 1. The first-order valence-electron chi connectivity index (χ1n) is 14.4. The van der Waals surface area contributed by atoms with Crippen LogP contribution in [0.25, 0.3) is 17.0 Å². The number of nitrogens with one attached hydrogen (secondary N) is 1. The van der Waals surface area contributed by atoms with Crippen LogP contribution in [0.1, 0.15) is 63.5 Å². The topological polar surface area (TPSA) is 97.4 Å². The van der Waals surface area contributed by atoms with Crippen molar-refractivity contribution in [2.45, 2.75) is 58.3 Å². The van der Waals surface area contributed by atoms with Crippen LogP contribution in [0.2, 0.25) is 0 Å². The zero-order valence-electron chi connectivity index (χ0n) is 24.6. The molecule has 0 saturated heterocycles. The molecule has 4 aromatic rings. The van der Waals surface area contributed by atoms with Crippen LogP contribution >= 0.6 is 0 Å². The number of Topliss-reactive ketones (excluding diaryl/α,β-unsaturated/α-hetero) is 1. The number of rotatable bonds is 7. The summed E-state index contributed by atoms with van der Waals surface area (Å²) in [6.45, 7) is 10.7. The Morgan fingerprint density at radius 2 is 1.69 bits per heavy atom. The van der Waals surface area contributed by atoms with E-state index < -0.39 is 15.9 Å². The molecule has 1 aliphatic heterocycles. The lowest BCUT2D eigenvalue weighted by Crippen LogP contribution is -2.34. The molecule has 2 aromatic heterocycles. The number of para-hydroxylation sites is 1. The molecular formula is C33H36N4O4S. The standard InChI is InChI=1S/C33H36N4O4S/c1-6-36(7-2)42(39,40)24-15-13-22(14-16-24)27-17-18-28(41-27)31-29-21(3)35-37(23-11-9-8-10-12-23)32(29)34-25-19-33(4,5)20-26(38)30(25)31/h8-18,31,34H,6-7,19-20H2,1-5H3/t31-/m0/s1. The molecule has 2 aromatic carbocycles. The Balaban J connectivity index is 1.44. The third-order valence-corrected chi connectivity index (χ3v) is 10.3. The number of nitrogens with zero attached hydrogens (tertiary/aromatic N) is 3. The molecule has 8 nitrogen and oxygen atoms in total. The lowest BCUT2D eigenvalue weighted by molar-refractivity contribution is -0.118. The summed E-state index contributed by atoms with van der Waals surface area (Å²) in [6.07, 6.45) is 1.19. The molecule has 218 valence electrons. The van der Waals surface area contributed by atoms with E-state index in [2.05, 4.69) is 19.2 Å². The smallest absolute Gasteiger partial charge is 0.243 e. The molecule has 0 spiro atoms. The summed E-state index contributed by atoms with van der Waals surface area (Å²) in [5, 5.41) is 8.50. The number of anilines is 1. The zero-order valence-corrected chi connectivity index (χ0v) is 25.5. The molecule has 0 amide bonds. The van der Waals surface area contributed by atoms with E-state index in [1.165, 1.54) is 4.31 Å². The molecule has 1 atom stereocenters. The Bertz CT molecular complexity index is 1790. The van der Waals surface area contributed by atoms with Crippen molar-refractivity contribution in [1.29, 1.82) is 0 Å². The Morgan fingerprint density at radius 3 is 2.36 bits per heavy atom. The first-order valence-corrected chi connectivity index (χ1v) is 15.9. The minimum atomic E-state index is -3.56. The molecule has 1 aliphatic carbocycles. The Kier molecular flexibility index (Phi) is 6.98. The van der Waals surface area contributed by atoms with Gasteiger partial charge < -0.3 is 9.73 Å². The van der Waals surface area contributed by atoms with Gasteiger partial charge in [-0.2, -0.15) is 9.40 Å². The summed E-state index contributed by atoms with van der Waals surface area (Å²) in [5.41, 5.74) is 4.91. The number of hydrogen-bond donors (Lipinski definition) is 1. The molecule has 0 fully saturated rings. The SMILES string of the molecule is CCN(CC)S(=O)(=O)c1ccc(-c2ccc([C@@H]3C4=C(CC(C)(C)CC4=O)Nc4c3c(C)nn4-c3ccccc3)o2)cc1. The van der Waals surface area contributed by atoms with Gasteiger partial charge in [0.1, 0.15) is 17.3 Å². The predicted molar refractivity (Wildman–Crippen MR) is 163 cm³/mol. The van der Waals surface area contributed by atoms with Gasteiger partial charge in [0.2, 0.25) is 10.0 Å². The molecule has 0 saturated carbocycles. The largest absolute Gasteiger partial charge is 0.460 e. The quantitative estimate of drug-likeness (QED) is 0.261. The minimum absolute atomic E-state index is 0.111. The van der Waals surface area contributed by atoms with Gasteiger partial charge in [-0.3, -0.25) is 4.79 Å². The second-order valence-corrected chi connectivity index (χ2v) is 13.7. The highest BCUT2D eigenvalue weighted by Crippen LogP contribution is 2.51. The third-order valence-electron chi connectivity index (χ3n) is 8.27. The van der Waals surface area contributed by atoms with Gasteiger partial charge in [0.25, 0.3) is 0 Å². The van der Waals surface area contributed by atoms with E-state index in [-0.39, 0.29) is 16.1 Å². The van der Waals surface area contributed by atoms with Crippen molar-refractivity contribution in [1.82, 2.24) is 14.1 Å². The van der Waals surface area contributed by atoms with E-state index in [1.807, 2.05) is 67.9 Å². The van der Waals surface area contributed by atoms with Crippen molar-refractivity contribution in [3.63, 3.8) is 0 Å². The highest BCUT2D eigenvalue weighted by Gasteiger charge is 2.44. The Morgan fingerprint density at radius 1 is 1.00 bits per heavy atom. The van der Waals surface area contributed by atoms with Crippen LogP contribution < -0.4 is 5.32 Å². The number of aromatic nitrogens is 2. The molecule has 9 heteroatoms. The lowest BCUT2D eigenvalue weighted by atomic mass is 9.70. The van der Waals surface area contributed by atoms with Crippen LogP contribution in [0.15, 0.2) is 87.3 Å².